The van der Waals surface area contributed by atoms with Crippen LogP contribution in [0.4, 0.5) is 28.9 Å². The lowest BCUT2D eigenvalue weighted by Crippen LogP contribution is -2.47. The topological polar surface area (TPSA) is 30.0 Å². The number of aliphatic hydroxyl groups excluding tert-OH is 1. The second-order valence-corrected chi connectivity index (χ2v) is 8.89. The number of alkyl halides is 3. The second-order valence-electron chi connectivity index (χ2n) is 7.81. The van der Waals surface area contributed by atoms with Crippen molar-refractivity contribution in [1.29, 1.82) is 0 Å². The van der Waals surface area contributed by atoms with Crippen molar-refractivity contribution in [3.63, 3.8) is 0 Å². The molecule has 0 saturated carbocycles. The first-order valence-corrected chi connectivity index (χ1v) is 11.2. The zero-order valence-corrected chi connectivity index (χ0v) is 17.9. The monoisotopic (exact) mass is 455 g/mol. The number of β-amino-alcohol motifs (C(OH)–C–C–N with tert-alkyl or cyclic N) is 1. The van der Waals surface area contributed by atoms with Crippen LogP contribution in [0.1, 0.15) is 12.0 Å². The molecule has 1 N–H and O–H groups in total. The van der Waals surface area contributed by atoms with Gasteiger partial charge in [0.05, 0.1) is 23.5 Å². The number of fused-ring (bicyclic) bond motifs is 2. The average Bonchev–Trinajstić information content (AvgIpc) is 2.73. The number of aliphatic hydroxyl groups is 1. The first-order chi connectivity index (χ1) is 14.8. The Morgan fingerprint density at radius 3 is 2.23 bits per heavy atom. The van der Waals surface area contributed by atoms with Gasteiger partial charge in [-0.05, 0) is 49.4 Å². The molecular formula is C22H25F4N3OS. The number of piperazine rings is 1. The summed E-state index contributed by atoms with van der Waals surface area (Å²) in [7, 11) is 0. The van der Waals surface area contributed by atoms with Crippen LogP contribution >= 0.6 is 11.8 Å². The van der Waals surface area contributed by atoms with Gasteiger partial charge in [-0.2, -0.15) is 13.2 Å². The van der Waals surface area contributed by atoms with Gasteiger partial charge in [0.2, 0.25) is 0 Å². The summed E-state index contributed by atoms with van der Waals surface area (Å²) in [4.78, 5) is 7.86. The number of nitrogens with zero attached hydrogens (tertiary/aromatic N) is 3. The predicted octanol–water partition coefficient (Wildman–Crippen LogP) is 4.45. The number of benzene rings is 2. The van der Waals surface area contributed by atoms with E-state index in [1.165, 1.54) is 36.0 Å². The lowest BCUT2D eigenvalue weighted by atomic mass is 10.1. The van der Waals surface area contributed by atoms with E-state index in [9.17, 15) is 17.6 Å². The van der Waals surface area contributed by atoms with Gasteiger partial charge in [0.25, 0.3) is 0 Å². The Balaban J connectivity index is 1.50. The van der Waals surface area contributed by atoms with Gasteiger partial charge in [0.15, 0.2) is 0 Å². The van der Waals surface area contributed by atoms with E-state index in [4.69, 9.17) is 5.11 Å². The van der Waals surface area contributed by atoms with Crippen molar-refractivity contribution < 1.29 is 22.7 Å². The Morgan fingerprint density at radius 2 is 1.55 bits per heavy atom. The average molecular weight is 456 g/mol. The Morgan fingerprint density at radius 1 is 0.839 bits per heavy atom. The van der Waals surface area contributed by atoms with Gasteiger partial charge >= 0.3 is 6.18 Å². The van der Waals surface area contributed by atoms with Crippen LogP contribution in [0.25, 0.3) is 0 Å². The highest BCUT2D eigenvalue weighted by Crippen LogP contribution is 2.49. The van der Waals surface area contributed by atoms with Crippen molar-refractivity contribution in [2.45, 2.75) is 22.4 Å². The molecule has 1 saturated heterocycles. The highest BCUT2D eigenvalue weighted by molar-refractivity contribution is 7.99. The summed E-state index contributed by atoms with van der Waals surface area (Å²) in [5.74, 6) is -0.359. The lowest BCUT2D eigenvalue weighted by Gasteiger charge is -2.36. The van der Waals surface area contributed by atoms with Crippen LogP contribution in [-0.4, -0.2) is 67.3 Å². The van der Waals surface area contributed by atoms with Gasteiger partial charge in [-0.25, -0.2) is 4.39 Å². The van der Waals surface area contributed by atoms with Crippen LogP contribution in [-0.2, 0) is 6.18 Å². The largest absolute Gasteiger partial charge is 0.416 e. The molecule has 0 spiro atoms. The van der Waals surface area contributed by atoms with E-state index in [2.05, 4.69) is 9.80 Å². The first-order valence-electron chi connectivity index (χ1n) is 10.4. The van der Waals surface area contributed by atoms with Crippen LogP contribution in [0.15, 0.2) is 46.2 Å². The van der Waals surface area contributed by atoms with E-state index in [1.807, 2.05) is 4.90 Å². The minimum absolute atomic E-state index is 0.159. The van der Waals surface area contributed by atoms with E-state index in [0.717, 1.165) is 50.9 Å². The molecule has 0 radical (unpaired) electrons. The summed E-state index contributed by atoms with van der Waals surface area (Å²) in [5, 5.41) is 9.06. The van der Waals surface area contributed by atoms with E-state index in [-0.39, 0.29) is 12.4 Å². The molecule has 0 bridgehead atoms. The fraction of sp³-hybridized carbons (Fsp3) is 0.455. The van der Waals surface area contributed by atoms with Crippen LogP contribution in [0.2, 0.25) is 0 Å². The molecule has 2 aliphatic rings. The standard InChI is InChI=1S/C22H25F4N3OS/c23-17-3-4-18-21(15-17)31-20-5-2-16(22(24,25)26)14-19(20)29(18)7-1-6-27-8-10-28(11-9-27)12-13-30/h2-5,14-15,30H,1,6-13H2. The van der Waals surface area contributed by atoms with Crippen LogP contribution in [0.5, 0.6) is 0 Å². The van der Waals surface area contributed by atoms with Gasteiger partial charge in [-0.15, -0.1) is 0 Å². The molecule has 0 aliphatic carbocycles. The van der Waals surface area contributed by atoms with E-state index in [0.29, 0.717) is 28.6 Å². The zero-order valence-electron chi connectivity index (χ0n) is 17.0. The maximum Gasteiger partial charge on any atom is 0.416 e. The van der Waals surface area contributed by atoms with Crippen molar-refractivity contribution in [3.8, 4) is 0 Å². The third-order valence-corrected chi connectivity index (χ3v) is 6.86. The van der Waals surface area contributed by atoms with Crippen molar-refractivity contribution in [3.05, 3.63) is 47.8 Å². The molecule has 168 valence electrons. The third kappa shape index (κ3) is 5.16. The molecule has 9 heteroatoms. The van der Waals surface area contributed by atoms with Crippen molar-refractivity contribution >= 4 is 23.1 Å². The fourth-order valence-corrected chi connectivity index (χ4v) is 5.20. The van der Waals surface area contributed by atoms with Crippen molar-refractivity contribution in [2.75, 3.05) is 57.3 Å². The van der Waals surface area contributed by atoms with Crippen LogP contribution in [0.3, 0.4) is 0 Å². The number of hydrogen-bond donors (Lipinski definition) is 1. The molecular weight excluding hydrogens is 430 g/mol. The Hall–Kier alpha value is -1.81. The van der Waals surface area contributed by atoms with Crippen molar-refractivity contribution in [2.24, 2.45) is 0 Å². The molecule has 0 amide bonds. The molecule has 2 heterocycles. The fourth-order valence-electron chi connectivity index (χ4n) is 4.10. The molecule has 4 nitrogen and oxygen atoms in total. The third-order valence-electron chi connectivity index (χ3n) is 5.75. The van der Waals surface area contributed by atoms with Gasteiger partial charge in [0, 0.05) is 49.1 Å². The molecule has 2 aromatic rings. The quantitative estimate of drug-likeness (QED) is 0.651. The molecule has 31 heavy (non-hydrogen) atoms. The van der Waals surface area contributed by atoms with Crippen LogP contribution < -0.4 is 4.90 Å². The highest BCUT2D eigenvalue weighted by atomic mass is 32.2. The summed E-state index contributed by atoms with van der Waals surface area (Å²) in [5.41, 5.74) is 0.583. The molecule has 2 aliphatic heterocycles. The van der Waals surface area contributed by atoms with E-state index < -0.39 is 11.7 Å². The number of hydrogen-bond acceptors (Lipinski definition) is 5. The highest BCUT2D eigenvalue weighted by Gasteiger charge is 2.33. The molecule has 4 rings (SSSR count). The van der Waals surface area contributed by atoms with E-state index >= 15 is 0 Å². The molecule has 2 aromatic carbocycles. The molecule has 0 aromatic heterocycles. The Labute approximate surface area is 183 Å². The molecule has 0 atom stereocenters. The maximum absolute atomic E-state index is 13.8. The number of rotatable bonds is 6. The predicted molar refractivity (Wildman–Crippen MR) is 114 cm³/mol. The Bertz CT molecular complexity index is 916. The maximum atomic E-state index is 13.8. The minimum Gasteiger partial charge on any atom is -0.395 e. The summed E-state index contributed by atoms with van der Waals surface area (Å²) in [6.45, 7) is 5.85. The summed E-state index contributed by atoms with van der Waals surface area (Å²) in [6, 6.07) is 8.19. The summed E-state index contributed by atoms with van der Waals surface area (Å²) >= 11 is 1.30. The SMILES string of the molecule is OCCN1CCN(CCCN2c3ccc(F)cc3Sc3ccc(C(F)(F)F)cc32)CC1. The number of anilines is 2. The van der Waals surface area contributed by atoms with Gasteiger partial charge in [-0.1, -0.05) is 11.8 Å². The first kappa shape index (κ1) is 22.4. The number of halogens is 4. The second kappa shape index (κ2) is 9.36. The van der Waals surface area contributed by atoms with Crippen LogP contribution in [0, 0.1) is 5.82 Å². The summed E-state index contributed by atoms with van der Waals surface area (Å²) < 4.78 is 53.7. The van der Waals surface area contributed by atoms with E-state index in [1.54, 1.807) is 6.07 Å². The Kier molecular flexibility index (Phi) is 6.76. The van der Waals surface area contributed by atoms with Crippen molar-refractivity contribution in [1.82, 2.24) is 9.80 Å². The van der Waals surface area contributed by atoms with Gasteiger partial charge < -0.3 is 14.9 Å². The zero-order chi connectivity index (χ0) is 22.0. The minimum atomic E-state index is -4.41. The molecule has 1 fully saturated rings. The smallest absolute Gasteiger partial charge is 0.395 e. The van der Waals surface area contributed by atoms with Gasteiger partial charge in [-0.3, -0.25) is 4.90 Å². The lowest BCUT2D eigenvalue weighted by molar-refractivity contribution is -0.137. The van der Waals surface area contributed by atoms with Gasteiger partial charge in [0.1, 0.15) is 5.82 Å². The molecule has 0 unspecified atom stereocenters. The summed E-state index contributed by atoms with van der Waals surface area (Å²) in [6.07, 6.45) is -3.64. The normalized spacial score (nSPS) is 17.5.